The number of nitrogens with one attached hydrogen (secondary N) is 2. The van der Waals surface area contributed by atoms with Crippen LogP contribution in [0.1, 0.15) is 43.2 Å². The van der Waals surface area contributed by atoms with Crippen molar-refractivity contribution in [3.63, 3.8) is 0 Å². The van der Waals surface area contributed by atoms with Crippen molar-refractivity contribution in [1.82, 2.24) is 14.5 Å². The zero-order valence-corrected chi connectivity index (χ0v) is 16.5. The second kappa shape index (κ2) is 7.86. The van der Waals surface area contributed by atoms with Gasteiger partial charge in [0.05, 0.1) is 25.9 Å². The number of para-hydroxylation sites is 1. The molecule has 1 aromatic heterocycles. The minimum Gasteiger partial charge on any atom is -0.496 e. The minimum absolute atomic E-state index is 0.0840. The van der Waals surface area contributed by atoms with E-state index in [0.717, 1.165) is 29.4 Å². The number of nitrogens with zero attached hydrogens (tertiary/aromatic N) is 2. The predicted molar refractivity (Wildman–Crippen MR) is 109 cm³/mol. The molecule has 27 heavy (non-hydrogen) atoms. The molecule has 1 fully saturated rings. The van der Waals surface area contributed by atoms with Crippen LogP contribution in [0.5, 0.6) is 5.75 Å². The molecule has 2 heterocycles. The van der Waals surface area contributed by atoms with Crippen molar-refractivity contribution in [3.8, 4) is 5.75 Å². The second-order valence-electron chi connectivity index (χ2n) is 7.36. The lowest BCUT2D eigenvalue weighted by molar-refractivity contribution is 0.152. The Hall–Kier alpha value is -2.12. The average Bonchev–Trinajstić information content (AvgIpc) is 2.71. The van der Waals surface area contributed by atoms with E-state index in [1.54, 1.807) is 7.11 Å². The molecule has 0 bridgehead atoms. The highest BCUT2D eigenvalue weighted by molar-refractivity contribution is 7.71. The number of H-pyrrole nitrogens is 1. The monoisotopic (exact) mass is 386 g/mol. The molecule has 6 nitrogen and oxygen atoms in total. The molecule has 7 heteroatoms. The Balaban J connectivity index is 1.67. The van der Waals surface area contributed by atoms with E-state index in [1.165, 1.54) is 32.1 Å². The maximum absolute atomic E-state index is 12.6. The van der Waals surface area contributed by atoms with Crippen molar-refractivity contribution < 1.29 is 4.74 Å². The van der Waals surface area contributed by atoms with Crippen LogP contribution in [-0.2, 0) is 13.1 Å². The summed E-state index contributed by atoms with van der Waals surface area (Å²) in [6.45, 7) is 1.98. The van der Waals surface area contributed by atoms with Crippen molar-refractivity contribution in [2.24, 2.45) is 0 Å². The van der Waals surface area contributed by atoms with Gasteiger partial charge < -0.3 is 10.1 Å². The first kappa shape index (κ1) is 18.3. The fourth-order valence-corrected chi connectivity index (χ4v) is 4.50. The standard InChI is InChI=1S/C20H26N4O2S/c1-26-17-10-6-5-7-14(17)11-24-18-16(19(25)22-20(24)27)12-23(13-21-18)15-8-3-2-4-9-15/h5-7,10,15,21H,2-4,8-9,11-13H2,1H3,(H,22,25,27). The number of hydrogen-bond acceptors (Lipinski definition) is 5. The van der Waals surface area contributed by atoms with Crippen molar-refractivity contribution in [1.29, 1.82) is 0 Å². The lowest BCUT2D eigenvalue weighted by Crippen LogP contribution is -2.45. The van der Waals surface area contributed by atoms with Gasteiger partial charge in [-0.2, -0.15) is 0 Å². The maximum atomic E-state index is 12.6. The Kier molecular flexibility index (Phi) is 5.31. The third-order valence-corrected chi connectivity index (χ3v) is 6.04. The SMILES string of the molecule is COc1ccccc1Cn1c2c(c(=O)[nH]c1=S)CN(C1CCCCC1)CN2. The molecule has 4 rings (SSSR count). The molecule has 1 aliphatic heterocycles. The van der Waals surface area contributed by atoms with Gasteiger partial charge in [0.25, 0.3) is 5.56 Å². The fourth-order valence-electron chi connectivity index (χ4n) is 4.26. The third-order valence-electron chi connectivity index (χ3n) is 5.72. The number of methoxy groups -OCH3 is 1. The number of ether oxygens (including phenoxy) is 1. The number of anilines is 1. The van der Waals surface area contributed by atoms with Gasteiger partial charge in [0, 0.05) is 18.2 Å². The Labute approximate surface area is 164 Å². The predicted octanol–water partition coefficient (Wildman–Crippen LogP) is 3.48. The van der Waals surface area contributed by atoms with Crippen molar-refractivity contribution in [2.75, 3.05) is 19.1 Å². The molecular formula is C20H26N4O2S. The molecule has 0 unspecified atom stereocenters. The van der Waals surface area contributed by atoms with Crippen LogP contribution in [0.3, 0.4) is 0 Å². The van der Waals surface area contributed by atoms with Crippen LogP contribution in [0.15, 0.2) is 29.1 Å². The number of fused-ring (bicyclic) bond motifs is 1. The van der Waals surface area contributed by atoms with E-state index < -0.39 is 0 Å². The highest BCUT2D eigenvalue weighted by Crippen LogP contribution is 2.28. The van der Waals surface area contributed by atoms with Crippen LogP contribution in [0.4, 0.5) is 5.82 Å². The van der Waals surface area contributed by atoms with E-state index in [0.29, 0.717) is 23.9 Å². The molecule has 1 saturated carbocycles. The number of rotatable bonds is 4. The van der Waals surface area contributed by atoms with Gasteiger partial charge in [-0.15, -0.1) is 0 Å². The van der Waals surface area contributed by atoms with Crippen LogP contribution in [0, 0.1) is 4.77 Å². The van der Waals surface area contributed by atoms with E-state index in [-0.39, 0.29) is 5.56 Å². The molecule has 0 radical (unpaired) electrons. The summed E-state index contributed by atoms with van der Waals surface area (Å²) in [5, 5.41) is 3.48. The number of hydrogen-bond donors (Lipinski definition) is 2. The highest BCUT2D eigenvalue weighted by atomic mass is 32.1. The molecule has 2 aliphatic rings. The largest absolute Gasteiger partial charge is 0.496 e. The van der Waals surface area contributed by atoms with Crippen LogP contribution in [0.25, 0.3) is 0 Å². The van der Waals surface area contributed by atoms with Gasteiger partial charge in [-0.25, -0.2) is 0 Å². The highest BCUT2D eigenvalue weighted by Gasteiger charge is 2.28. The van der Waals surface area contributed by atoms with Gasteiger partial charge in [0.15, 0.2) is 4.77 Å². The van der Waals surface area contributed by atoms with E-state index in [1.807, 2.05) is 28.8 Å². The van der Waals surface area contributed by atoms with E-state index in [9.17, 15) is 4.79 Å². The number of benzene rings is 1. The first-order valence-corrected chi connectivity index (χ1v) is 10.0. The molecule has 144 valence electrons. The van der Waals surface area contributed by atoms with Crippen molar-refractivity contribution in [3.05, 3.63) is 50.5 Å². The third kappa shape index (κ3) is 3.66. The maximum Gasteiger partial charge on any atom is 0.258 e. The first-order chi connectivity index (χ1) is 13.2. The quantitative estimate of drug-likeness (QED) is 0.788. The van der Waals surface area contributed by atoms with Gasteiger partial charge in [-0.05, 0) is 31.1 Å². The summed E-state index contributed by atoms with van der Waals surface area (Å²) in [7, 11) is 1.67. The second-order valence-corrected chi connectivity index (χ2v) is 7.74. The Morgan fingerprint density at radius 3 is 2.78 bits per heavy atom. The Bertz CT molecular complexity index is 930. The average molecular weight is 387 g/mol. The lowest BCUT2D eigenvalue weighted by Gasteiger charge is -2.38. The minimum atomic E-state index is -0.0840. The molecule has 0 spiro atoms. The van der Waals surface area contributed by atoms with E-state index in [2.05, 4.69) is 15.2 Å². The molecule has 0 saturated heterocycles. The molecule has 0 atom stereocenters. The zero-order chi connectivity index (χ0) is 18.8. The fraction of sp³-hybridized carbons (Fsp3) is 0.500. The summed E-state index contributed by atoms with van der Waals surface area (Å²) in [6, 6.07) is 8.46. The summed E-state index contributed by atoms with van der Waals surface area (Å²) < 4.78 is 7.88. The zero-order valence-electron chi connectivity index (χ0n) is 15.7. The van der Waals surface area contributed by atoms with Gasteiger partial charge in [-0.1, -0.05) is 37.5 Å². The molecular weight excluding hydrogens is 360 g/mol. The molecule has 1 aliphatic carbocycles. The van der Waals surface area contributed by atoms with Crippen LogP contribution < -0.4 is 15.6 Å². The van der Waals surface area contributed by atoms with E-state index >= 15 is 0 Å². The van der Waals surface area contributed by atoms with Gasteiger partial charge in [-0.3, -0.25) is 19.2 Å². The first-order valence-electron chi connectivity index (χ1n) is 9.63. The summed E-state index contributed by atoms with van der Waals surface area (Å²) in [4.78, 5) is 17.9. The summed E-state index contributed by atoms with van der Waals surface area (Å²) in [6.07, 6.45) is 6.32. The van der Waals surface area contributed by atoms with Crippen LogP contribution in [-0.4, -0.2) is 34.3 Å². The molecule has 1 aromatic carbocycles. The molecule has 2 N–H and O–H groups in total. The number of aromatic amines is 1. The summed E-state index contributed by atoms with van der Waals surface area (Å²) >= 11 is 5.47. The van der Waals surface area contributed by atoms with Crippen LogP contribution >= 0.6 is 12.2 Å². The summed E-state index contributed by atoms with van der Waals surface area (Å²) in [5.41, 5.74) is 1.72. The lowest BCUT2D eigenvalue weighted by atomic mass is 9.94. The molecule has 0 amide bonds. The van der Waals surface area contributed by atoms with Gasteiger partial charge in [0.1, 0.15) is 11.6 Å². The Morgan fingerprint density at radius 1 is 1.22 bits per heavy atom. The van der Waals surface area contributed by atoms with E-state index in [4.69, 9.17) is 17.0 Å². The topological polar surface area (TPSA) is 62.3 Å². The van der Waals surface area contributed by atoms with Crippen molar-refractivity contribution >= 4 is 18.0 Å². The van der Waals surface area contributed by atoms with Gasteiger partial charge >= 0.3 is 0 Å². The number of aromatic nitrogens is 2. The van der Waals surface area contributed by atoms with Crippen LogP contribution in [0.2, 0.25) is 0 Å². The van der Waals surface area contributed by atoms with Crippen molar-refractivity contribution in [2.45, 2.75) is 51.2 Å². The normalized spacial score (nSPS) is 18.0. The Morgan fingerprint density at radius 2 is 2.00 bits per heavy atom. The van der Waals surface area contributed by atoms with Gasteiger partial charge in [0.2, 0.25) is 0 Å². The smallest absolute Gasteiger partial charge is 0.258 e. The molecule has 2 aromatic rings. The summed E-state index contributed by atoms with van der Waals surface area (Å²) in [5.74, 6) is 1.65.